The van der Waals surface area contributed by atoms with Gasteiger partial charge in [-0.3, -0.25) is 4.90 Å². The van der Waals surface area contributed by atoms with Gasteiger partial charge in [-0.15, -0.1) is 38.0 Å². The van der Waals surface area contributed by atoms with Crippen LogP contribution in [0.5, 0.6) is 5.75 Å². The number of benzene rings is 1. The molecule has 1 aromatic rings. The second-order valence-electron chi connectivity index (χ2n) is 4.54. The first-order chi connectivity index (χ1) is 9.51. The summed E-state index contributed by atoms with van der Waals surface area (Å²) >= 11 is 0. The molecule has 1 atom stereocenters. The molecule has 0 saturated carbocycles. The minimum absolute atomic E-state index is 0. The molecule has 22 heavy (non-hydrogen) atoms. The van der Waals surface area contributed by atoms with Crippen LogP contribution in [0.15, 0.2) is 24.3 Å². The van der Waals surface area contributed by atoms with Crippen LogP contribution in [-0.2, 0) is 0 Å². The summed E-state index contributed by atoms with van der Waals surface area (Å²) in [6.45, 7) is 1.82. The number of nitrogens with one attached hydrogen (secondary N) is 1. The van der Waals surface area contributed by atoms with E-state index in [-0.39, 0.29) is 36.1 Å². The number of halogens is 6. The Hall–Kier alpha value is -0.760. The molecule has 1 saturated heterocycles. The van der Waals surface area contributed by atoms with Crippen molar-refractivity contribution in [3.8, 4) is 5.75 Å². The molecular weight excluding hydrogens is 347 g/mol. The van der Waals surface area contributed by atoms with Gasteiger partial charge in [-0.1, -0.05) is 18.2 Å². The monoisotopic (exact) mass is 364 g/mol. The summed E-state index contributed by atoms with van der Waals surface area (Å²) in [4.78, 5) is 1.83. The third-order valence-electron chi connectivity index (χ3n) is 3.24. The summed E-state index contributed by atoms with van der Waals surface area (Å²) in [7, 11) is 0. The van der Waals surface area contributed by atoms with Crippen LogP contribution in [0.2, 0.25) is 0 Å². The Bertz CT molecular complexity index is 442. The number of rotatable bonds is 4. The van der Waals surface area contributed by atoms with E-state index in [4.69, 9.17) is 0 Å². The van der Waals surface area contributed by atoms with Crippen LogP contribution in [0.3, 0.4) is 0 Å². The molecule has 0 radical (unpaired) electrons. The van der Waals surface area contributed by atoms with Gasteiger partial charge >= 0.3 is 6.36 Å². The minimum atomic E-state index is -4.78. The van der Waals surface area contributed by atoms with Crippen LogP contribution >= 0.6 is 24.8 Å². The summed E-state index contributed by atoms with van der Waals surface area (Å²) in [6.07, 6.45) is -4.78. The molecular formula is C13H18Cl2F4N2O. The van der Waals surface area contributed by atoms with E-state index in [0.717, 1.165) is 0 Å². The van der Waals surface area contributed by atoms with Gasteiger partial charge in [0.05, 0.1) is 6.04 Å². The van der Waals surface area contributed by atoms with Gasteiger partial charge in [0.1, 0.15) is 12.4 Å². The maximum Gasteiger partial charge on any atom is 0.573 e. The highest BCUT2D eigenvalue weighted by Gasteiger charge is 2.34. The molecule has 0 unspecified atom stereocenters. The number of alkyl halides is 4. The Labute approximate surface area is 138 Å². The molecule has 128 valence electrons. The molecule has 0 spiro atoms. The molecule has 9 heteroatoms. The van der Waals surface area contributed by atoms with E-state index in [0.29, 0.717) is 26.2 Å². The maximum atomic E-state index is 13.3. The van der Waals surface area contributed by atoms with Crippen LogP contribution in [0.4, 0.5) is 17.6 Å². The molecule has 2 rings (SSSR count). The zero-order valence-corrected chi connectivity index (χ0v) is 13.2. The van der Waals surface area contributed by atoms with E-state index < -0.39 is 19.1 Å². The highest BCUT2D eigenvalue weighted by atomic mass is 35.5. The Morgan fingerprint density at radius 3 is 2.27 bits per heavy atom. The quantitative estimate of drug-likeness (QED) is 0.829. The van der Waals surface area contributed by atoms with Crippen LogP contribution in [0, 0.1) is 0 Å². The van der Waals surface area contributed by atoms with E-state index >= 15 is 0 Å². The van der Waals surface area contributed by atoms with E-state index in [9.17, 15) is 17.6 Å². The van der Waals surface area contributed by atoms with Crippen molar-refractivity contribution in [1.82, 2.24) is 10.2 Å². The molecule has 1 aliphatic heterocycles. The second kappa shape index (κ2) is 9.39. The van der Waals surface area contributed by atoms with E-state index in [2.05, 4.69) is 10.1 Å². The summed E-state index contributed by atoms with van der Waals surface area (Å²) in [5.41, 5.74) is 0.231. The van der Waals surface area contributed by atoms with Crippen LogP contribution in [0.25, 0.3) is 0 Å². The van der Waals surface area contributed by atoms with Crippen molar-refractivity contribution in [2.24, 2.45) is 0 Å². The predicted octanol–water partition coefficient (Wildman–Crippen LogP) is 3.34. The van der Waals surface area contributed by atoms with E-state index in [1.165, 1.54) is 18.2 Å². The minimum Gasteiger partial charge on any atom is -0.405 e. The first kappa shape index (κ1) is 21.2. The van der Waals surface area contributed by atoms with Crippen molar-refractivity contribution < 1.29 is 22.3 Å². The van der Waals surface area contributed by atoms with Crippen molar-refractivity contribution in [2.45, 2.75) is 12.4 Å². The van der Waals surface area contributed by atoms with Gasteiger partial charge in [-0.2, -0.15) is 0 Å². The molecule has 1 aromatic carbocycles. The normalized spacial score (nSPS) is 17.1. The maximum absolute atomic E-state index is 13.3. The van der Waals surface area contributed by atoms with Crippen LogP contribution < -0.4 is 10.1 Å². The summed E-state index contributed by atoms with van der Waals surface area (Å²) in [5, 5.41) is 3.12. The molecule has 1 aliphatic rings. The van der Waals surface area contributed by atoms with Gasteiger partial charge in [0.2, 0.25) is 0 Å². The van der Waals surface area contributed by atoms with Crippen LogP contribution in [0.1, 0.15) is 11.6 Å². The highest BCUT2D eigenvalue weighted by Crippen LogP contribution is 2.33. The fraction of sp³-hybridized carbons (Fsp3) is 0.538. The molecule has 0 bridgehead atoms. The molecule has 0 aromatic heterocycles. The van der Waals surface area contributed by atoms with Gasteiger partial charge < -0.3 is 10.1 Å². The zero-order chi connectivity index (χ0) is 14.6. The number of hydrogen-bond acceptors (Lipinski definition) is 3. The first-order valence-corrected chi connectivity index (χ1v) is 6.36. The van der Waals surface area contributed by atoms with Gasteiger partial charge in [0, 0.05) is 31.7 Å². The third-order valence-corrected chi connectivity index (χ3v) is 3.24. The van der Waals surface area contributed by atoms with Gasteiger partial charge in [-0.05, 0) is 6.07 Å². The Balaban J connectivity index is 0.00000220. The summed E-state index contributed by atoms with van der Waals surface area (Å²) in [6, 6.07) is 5.01. The fourth-order valence-corrected chi connectivity index (χ4v) is 2.34. The summed E-state index contributed by atoms with van der Waals surface area (Å²) < 4.78 is 54.5. The topological polar surface area (TPSA) is 24.5 Å². The van der Waals surface area contributed by atoms with Crippen molar-refractivity contribution >= 4 is 24.8 Å². The van der Waals surface area contributed by atoms with Crippen molar-refractivity contribution in [3.63, 3.8) is 0 Å². The van der Waals surface area contributed by atoms with Crippen molar-refractivity contribution in [1.29, 1.82) is 0 Å². The standard InChI is InChI=1S/C13H16F4N2O.2ClH/c14-9-11(19-7-5-18-6-8-19)10-3-1-2-4-12(10)20-13(15,16)17;;/h1-4,11,18H,5-9H2;2*1H/t11-;;/m1../s1. The van der Waals surface area contributed by atoms with Crippen molar-refractivity contribution in [2.75, 3.05) is 32.9 Å². The lowest BCUT2D eigenvalue weighted by atomic mass is 10.0. The first-order valence-electron chi connectivity index (χ1n) is 6.36. The van der Waals surface area contributed by atoms with Gasteiger partial charge in [-0.25, -0.2) is 4.39 Å². The van der Waals surface area contributed by atoms with Gasteiger partial charge in [0.15, 0.2) is 0 Å². The number of nitrogens with zero attached hydrogens (tertiary/aromatic N) is 1. The molecule has 0 amide bonds. The number of para-hydroxylation sites is 1. The lowest BCUT2D eigenvalue weighted by Gasteiger charge is -2.34. The molecule has 1 heterocycles. The largest absolute Gasteiger partial charge is 0.573 e. The predicted molar refractivity (Wildman–Crippen MR) is 80.8 cm³/mol. The Morgan fingerprint density at radius 2 is 1.73 bits per heavy atom. The van der Waals surface area contributed by atoms with E-state index in [1.807, 2.05) is 4.90 Å². The molecule has 1 N–H and O–H groups in total. The fourth-order valence-electron chi connectivity index (χ4n) is 2.34. The highest BCUT2D eigenvalue weighted by molar-refractivity contribution is 5.85. The zero-order valence-electron chi connectivity index (χ0n) is 11.6. The molecule has 3 nitrogen and oxygen atoms in total. The number of piperazine rings is 1. The average molecular weight is 365 g/mol. The molecule has 0 aliphatic carbocycles. The smallest absolute Gasteiger partial charge is 0.405 e. The second-order valence-corrected chi connectivity index (χ2v) is 4.54. The lowest BCUT2D eigenvalue weighted by molar-refractivity contribution is -0.275. The van der Waals surface area contributed by atoms with Crippen LogP contribution in [-0.4, -0.2) is 44.1 Å². The molecule has 1 fully saturated rings. The number of hydrogen-bond donors (Lipinski definition) is 1. The Kier molecular flexibility index (Phi) is 9.07. The van der Waals surface area contributed by atoms with Crippen molar-refractivity contribution in [3.05, 3.63) is 29.8 Å². The third kappa shape index (κ3) is 5.79. The average Bonchev–Trinajstić information content (AvgIpc) is 2.41. The Morgan fingerprint density at radius 1 is 1.14 bits per heavy atom. The van der Waals surface area contributed by atoms with Gasteiger partial charge in [0.25, 0.3) is 0 Å². The lowest BCUT2D eigenvalue weighted by Crippen LogP contribution is -2.45. The summed E-state index contributed by atoms with van der Waals surface area (Å²) in [5.74, 6) is -0.332. The number of ether oxygens (including phenoxy) is 1. The SMILES string of the molecule is Cl.Cl.FC[C@H](c1ccccc1OC(F)(F)F)N1CCNCC1. The van der Waals surface area contributed by atoms with E-state index in [1.54, 1.807) is 6.07 Å².